The summed E-state index contributed by atoms with van der Waals surface area (Å²) in [7, 11) is 0. The van der Waals surface area contributed by atoms with E-state index in [2.05, 4.69) is 16.3 Å². The lowest BCUT2D eigenvalue weighted by Crippen LogP contribution is -2.53. The van der Waals surface area contributed by atoms with Gasteiger partial charge in [0.15, 0.2) is 0 Å². The van der Waals surface area contributed by atoms with Gasteiger partial charge in [0.2, 0.25) is 0 Å². The summed E-state index contributed by atoms with van der Waals surface area (Å²) in [6, 6.07) is 2.12. The molecular weight excluding hydrogens is 222 g/mol. The molecule has 1 aliphatic rings. The molecule has 1 aliphatic heterocycles. The first-order chi connectivity index (χ1) is 7.58. The predicted octanol–water partition coefficient (Wildman–Crippen LogP) is 2.36. The van der Waals surface area contributed by atoms with Crippen LogP contribution < -0.4 is 0 Å². The lowest BCUT2D eigenvalue weighted by atomic mass is 9.93. The van der Waals surface area contributed by atoms with E-state index in [1.54, 1.807) is 11.3 Å². The first-order valence-electron chi connectivity index (χ1n) is 5.61. The Bertz CT molecular complexity index is 401. The zero-order valence-electron chi connectivity index (χ0n) is 9.69. The molecule has 4 heteroatoms. The van der Waals surface area contributed by atoms with E-state index < -0.39 is 11.5 Å². The molecule has 0 fully saturated rings. The summed E-state index contributed by atoms with van der Waals surface area (Å²) in [5, 5.41) is 11.4. The van der Waals surface area contributed by atoms with Crippen LogP contribution in [0.3, 0.4) is 0 Å². The van der Waals surface area contributed by atoms with Gasteiger partial charge in [-0.15, -0.1) is 11.3 Å². The highest BCUT2D eigenvalue weighted by Crippen LogP contribution is 2.30. The lowest BCUT2D eigenvalue weighted by Gasteiger charge is -2.39. The number of hydrogen-bond donors (Lipinski definition) is 1. The highest BCUT2D eigenvalue weighted by molar-refractivity contribution is 7.10. The summed E-state index contributed by atoms with van der Waals surface area (Å²) >= 11 is 1.78. The van der Waals surface area contributed by atoms with Crippen molar-refractivity contribution in [3.05, 3.63) is 21.9 Å². The number of fused-ring (bicyclic) bond motifs is 1. The molecule has 3 nitrogen and oxygen atoms in total. The van der Waals surface area contributed by atoms with Gasteiger partial charge in [0.05, 0.1) is 0 Å². The Morgan fingerprint density at radius 1 is 1.69 bits per heavy atom. The summed E-state index contributed by atoms with van der Waals surface area (Å²) in [5.41, 5.74) is 0.580. The third-order valence-corrected chi connectivity index (χ3v) is 4.68. The zero-order valence-corrected chi connectivity index (χ0v) is 10.5. The quantitative estimate of drug-likeness (QED) is 0.880. The second kappa shape index (κ2) is 4.18. The van der Waals surface area contributed by atoms with Crippen molar-refractivity contribution in [2.45, 2.75) is 38.8 Å². The van der Waals surface area contributed by atoms with Crippen LogP contribution in [-0.4, -0.2) is 28.1 Å². The van der Waals surface area contributed by atoms with E-state index in [0.29, 0.717) is 6.42 Å². The van der Waals surface area contributed by atoms with Crippen molar-refractivity contribution in [1.82, 2.24) is 4.90 Å². The van der Waals surface area contributed by atoms with E-state index in [0.717, 1.165) is 19.5 Å². The van der Waals surface area contributed by atoms with Crippen LogP contribution in [0.2, 0.25) is 0 Å². The summed E-state index contributed by atoms with van der Waals surface area (Å²) in [6.45, 7) is 5.39. The molecule has 0 spiro atoms. The van der Waals surface area contributed by atoms with Gasteiger partial charge in [-0.1, -0.05) is 6.92 Å². The van der Waals surface area contributed by atoms with Gasteiger partial charge in [-0.05, 0) is 36.8 Å². The molecule has 1 unspecified atom stereocenters. The number of carbonyl (C=O) groups is 1. The third kappa shape index (κ3) is 1.76. The van der Waals surface area contributed by atoms with E-state index >= 15 is 0 Å². The van der Waals surface area contributed by atoms with Crippen molar-refractivity contribution in [3.63, 3.8) is 0 Å². The lowest BCUT2D eigenvalue weighted by molar-refractivity contribution is -0.151. The van der Waals surface area contributed by atoms with Crippen LogP contribution >= 0.6 is 11.3 Å². The Morgan fingerprint density at radius 3 is 3.06 bits per heavy atom. The van der Waals surface area contributed by atoms with Crippen LogP contribution in [0, 0.1) is 0 Å². The molecule has 16 heavy (non-hydrogen) atoms. The smallest absolute Gasteiger partial charge is 0.323 e. The SMILES string of the molecule is CCC(C)(C(=O)O)N1CCc2sccc2C1. The van der Waals surface area contributed by atoms with Crippen LogP contribution in [0.4, 0.5) is 0 Å². The largest absolute Gasteiger partial charge is 0.480 e. The van der Waals surface area contributed by atoms with E-state index in [4.69, 9.17) is 0 Å². The summed E-state index contributed by atoms with van der Waals surface area (Å²) < 4.78 is 0. The Morgan fingerprint density at radius 2 is 2.44 bits per heavy atom. The van der Waals surface area contributed by atoms with Gasteiger partial charge >= 0.3 is 5.97 Å². The van der Waals surface area contributed by atoms with E-state index in [9.17, 15) is 9.90 Å². The third-order valence-electron chi connectivity index (χ3n) is 3.65. The number of hydrogen-bond acceptors (Lipinski definition) is 3. The van der Waals surface area contributed by atoms with Gasteiger partial charge in [0.1, 0.15) is 5.54 Å². The minimum absolute atomic E-state index is 0.641. The fourth-order valence-corrected chi connectivity index (χ4v) is 3.07. The van der Waals surface area contributed by atoms with Gasteiger partial charge in [-0.25, -0.2) is 0 Å². The minimum atomic E-state index is -0.723. The maximum atomic E-state index is 11.4. The van der Waals surface area contributed by atoms with Gasteiger partial charge in [0, 0.05) is 18.0 Å². The van der Waals surface area contributed by atoms with E-state index in [1.807, 2.05) is 13.8 Å². The molecule has 0 aliphatic carbocycles. The van der Waals surface area contributed by atoms with Crippen molar-refractivity contribution in [3.8, 4) is 0 Å². The second-order valence-corrected chi connectivity index (χ2v) is 5.47. The van der Waals surface area contributed by atoms with Gasteiger partial charge < -0.3 is 5.11 Å². The number of rotatable bonds is 3. The normalized spacial score (nSPS) is 20.1. The number of thiophene rings is 1. The fraction of sp³-hybridized carbons (Fsp3) is 0.583. The van der Waals surface area contributed by atoms with Gasteiger partial charge in [0.25, 0.3) is 0 Å². The minimum Gasteiger partial charge on any atom is -0.480 e. The standard InChI is InChI=1S/C12H17NO2S/c1-3-12(2,11(14)15)13-6-4-10-9(8-13)5-7-16-10/h5,7H,3-4,6,8H2,1-2H3,(H,14,15). The topological polar surface area (TPSA) is 40.5 Å². The van der Waals surface area contributed by atoms with Gasteiger partial charge in [-0.2, -0.15) is 0 Å². The van der Waals surface area contributed by atoms with Gasteiger partial charge in [-0.3, -0.25) is 9.69 Å². The first kappa shape index (κ1) is 11.6. The van der Waals surface area contributed by atoms with E-state index in [-0.39, 0.29) is 0 Å². The highest BCUT2D eigenvalue weighted by Gasteiger charge is 2.39. The van der Waals surface area contributed by atoms with Crippen molar-refractivity contribution in [2.24, 2.45) is 0 Å². The molecule has 0 aromatic carbocycles. The van der Waals surface area contributed by atoms with Crippen LogP contribution in [0.15, 0.2) is 11.4 Å². The highest BCUT2D eigenvalue weighted by atomic mass is 32.1. The molecule has 0 saturated heterocycles. The first-order valence-corrected chi connectivity index (χ1v) is 6.49. The van der Waals surface area contributed by atoms with Crippen molar-refractivity contribution >= 4 is 17.3 Å². The summed E-state index contributed by atoms with van der Waals surface area (Å²) in [5.74, 6) is -0.714. The van der Waals surface area contributed by atoms with Crippen LogP contribution in [0.1, 0.15) is 30.7 Å². The average Bonchev–Trinajstić information content (AvgIpc) is 2.74. The van der Waals surface area contributed by atoms with E-state index in [1.165, 1.54) is 10.4 Å². The molecule has 0 bridgehead atoms. The predicted molar refractivity (Wildman–Crippen MR) is 64.8 cm³/mol. The Kier molecular flexibility index (Phi) is 3.04. The number of nitrogens with zero attached hydrogens (tertiary/aromatic N) is 1. The Hall–Kier alpha value is -0.870. The summed E-state index contributed by atoms with van der Waals surface area (Å²) in [4.78, 5) is 14.9. The van der Waals surface area contributed by atoms with Crippen molar-refractivity contribution in [1.29, 1.82) is 0 Å². The van der Waals surface area contributed by atoms with Crippen LogP contribution in [0.25, 0.3) is 0 Å². The second-order valence-electron chi connectivity index (χ2n) is 4.47. The monoisotopic (exact) mass is 239 g/mol. The Labute approximate surface area is 99.7 Å². The maximum absolute atomic E-state index is 11.4. The fourth-order valence-electron chi connectivity index (χ4n) is 2.18. The average molecular weight is 239 g/mol. The number of carboxylic acids is 1. The molecule has 0 amide bonds. The van der Waals surface area contributed by atoms with Crippen LogP contribution in [0.5, 0.6) is 0 Å². The molecule has 2 heterocycles. The molecule has 2 rings (SSSR count). The summed E-state index contributed by atoms with van der Waals surface area (Å²) in [6.07, 6.45) is 1.62. The molecule has 1 atom stereocenters. The zero-order chi connectivity index (χ0) is 11.8. The number of aliphatic carboxylic acids is 1. The van der Waals surface area contributed by atoms with Crippen molar-refractivity contribution < 1.29 is 9.90 Å². The van der Waals surface area contributed by atoms with Crippen LogP contribution in [-0.2, 0) is 17.8 Å². The molecule has 0 saturated carbocycles. The molecule has 1 aromatic heterocycles. The molecule has 1 aromatic rings. The molecule has 1 N–H and O–H groups in total. The van der Waals surface area contributed by atoms with Crippen molar-refractivity contribution in [2.75, 3.05) is 6.54 Å². The Balaban J connectivity index is 2.22. The molecule has 0 radical (unpaired) electrons. The molecule has 88 valence electrons. The number of carboxylic acid groups (broad SMARTS) is 1. The molecular formula is C12H17NO2S. The maximum Gasteiger partial charge on any atom is 0.323 e.